The zero-order valence-corrected chi connectivity index (χ0v) is 16.5. The van der Waals surface area contributed by atoms with Gasteiger partial charge in [0.2, 0.25) is 5.91 Å². The van der Waals surface area contributed by atoms with Gasteiger partial charge in [0.15, 0.2) is 5.78 Å². The lowest BCUT2D eigenvalue weighted by molar-refractivity contribution is -0.141. The van der Waals surface area contributed by atoms with Crippen LogP contribution in [-0.4, -0.2) is 30.6 Å². The van der Waals surface area contributed by atoms with Crippen LogP contribution in [0.5, 0.6) is 0 Å². The number of nitrogens with one attached hydrogen (secondary N) is 1. The van der Waals surface area contributed by atoms with E-state index in [1.165, 1.54) is 18.4 Å². The van der Waals surface area contributed by atoms with Crippen LogP contribution >= 0.6 is 11.3 Å². The molecule has 0 aliphatic rings. The minimum absolute atomic E-state index is 0.00944. The standard InChI is InChI=1S/C21H23NO5S/c1-27-21(26)14-17(15-6-3-2-4-7-15)22-20(25)12-10-16(23)9-11-18(24)19-8-5-13-28-19/h2-8,13,17H,9-12,14H2,1H3,(H,22,25)/t17-/m0/s1. The van der Waals surface area contributed by atoms with Gasteiger partial charge in [-0.05, 0) is 17.0 Å². The minimum atomic E-state index is -0.517. The average molecular weight is 401 g/mol. The Hall–Kier alpha value is -2.80. The Bertz CT molecular complexity index is 801. The summed E-state index contributed by atoms with van der Waals surface area (Å²) >= 11 is 1.35. The lowest BCUT2D eigenvalue weighted by Crippen LogP contribution is -2.30. The lowest BCUT2D eigenvalue weighted by atomic mass is 10.0. The fourth-order valence-electron chi connectivity index (χ4n) is 2.65. The quantitative estimate of drug-likeness (QED) is 0.460. The summed E-state index contributed by atoms with van der Waals surface area (Å²) in [6.45, 7) is 0. The fourth-order valence-corrected chi connectivity index (χ4v) is 3.34. The molecule has 0 aliphatic carbocycles. The number of carbonyl (C=O) groups is 4. The van der Waals surface area contributed by atoms with Crippen LogP contribution in [0.25, 0.3) is 0 Å². The highest BCUT2D eigenvalue weighted by atomic mass is 32.1. The molecule has 1 amide bonds. The van der Waals surface area contributed by atoms with Gasteiger partial charge in [-0.1, -0.05) is 36.4 Å². The molecule has 2 rings (SSSR count). The number of hydrogen-bond acceptors (Lipinski definition) is 6. The van der Waals surface area contributed by atoms with Crippen LogP contribution in [0.4, 0.5) is 0 Å². The third kappa shape index (κ3) is 7.08. The maximum absolute atomic E-state index is 12.2. The third-order valence-electron chi connectivity index (χ3n) is 4.19. The molecule has 0 saturated carbocycles. The second-order valence-corrected chi connectivity index (χ2v) is 7.20. The zero-order valence-electron chi connectivity index (χ0n) is 15.7. The Morgan fingerprint density at radius 1 is 0.964 bits per heavy atom. The van der Waals surface area contributed by atoms with Crippen molar-refractivity contribution in [2.45, 2.75) is 38.1 Å². The molecule has 1 heterocycles. The van der Waals surface area contributed by atoms with Crippen LogP contribution in [0, 0.1) is 0 Å². The van der Waals surface area contributed by atoms with E-state index in [1.54, 1.807) is 12.1 Å². The molecule has 0 aliphatic heterocycles. The molecule has 28 heavy (non-hydrogen) atoms. The molecule has 0 saturated heterocycles. The van der Waals surface area contributed by atoms with E-state index < -0.39 is 12.0 Å². The molecule has 0 fully saturated rings. The van der Waals surface area contributed by atoms with Crippen LogP contribution in [0.3, 0.4) is 0 Å². The van der Waals surface area contributed by atoms with Crippen molar-refractivity contribution in [3.63, 3.8) is 0 Å². The number of carbonyl (C=O) groups excluding carboxylic acids is 4. The Balaban J connectivity index is 1.80. The van der Waals surface area contributed by atoms with E-state index in [2.05, 4.69) is 5.32 Å². The maximum Gasteiger partial charge on any atom is 0.307 e. The summed E-state index contributed by atoms with van der Waals surface area (Å²) in [5, 5.41) is 4.60. The summed E-state index contributed by atoms with van der Waals surface area (Å²) < 4.78 is 4.69. The molecule has 1 N–H and O–H groups in total. The summed E-state index contributed by atoms with van der Waals surface area (Å²) in [7, 11) is 1.29. The van der Waals surface area contributed by atoms with E-state index in [0.717, 1.165) is 5.56 Å². The lowest BCUT2D eigenvalue weighted by Gasteiger charge is -2.18. The number of Topliss-reactive ketones (excluding diaryl/α,β-unsaturated/α-hetero) is 2. The molecule has 7 heteroatoms. The summed E-state index contributed by atoms with van der Waals surface area (Å²) in [4.78, 5) is 48.4. The number of ether oxygens (including phenoxy) is 1. The van der Waals surface area contributed by atoms with Gasteiger partial charge in [0, 0.05) is 25.7 Å². The van der Waals surface area contributed by atoms with Crippen molar-refractivity contribution >= 4 is 34.8 Å². The van der Waals surface area contributed by atoms with Crippen molar-refractivity contribution in [1.29, 1.82) is 0 Å². The minimum Gasteiger partial charge on any atom is -0.469 e. The van der Waals surface area contributed by atoms with Crippen LogP contribution < -0.4 is 5.32 Å². The Labute approximate surface area is 167 Å². The first kappa shape index (κ1) is 21.5. The van der Waals surface area contributed by atoms with E-state index in [9.17, 15) is 19.2 Å². The Morgan fingerprint density at radius 3 is 2.32 bits per heavy atom. The van der Waals surface area contributed by atoms with Crippen molar-refractivity contribution < 1.29 is 23.9 Å². The number of hydrogen-bond donors (Lipinski definition) is 1. The first-order valence-electron chi connectivity index (χ1n) is 8.99. The third-order valence-corrected chi connectivity index (χ3v) is 5.10. The largest absolute Gasteiger partial charge is 0.469 e. The first-order chi connectivity index (χ1) is 13.5. The molecule has 1 aromatic carbocycles. The van der Waals surface area contributed by atoms with Crippen molar-refractivity contribution in [3.8, 4) is 0 Å². The van der Waals surface area contributed by atoms with Gasteiger partial charge in [-0.15, -0.1) is 11.3 Å². The van der Waals surface area contributed by atoms with Crippen LogP contribution in [-0.2, 0) is 19.1 Å². The molecule has 6 nitrogen and oxygen atoms in total. The number of esters is 1. The number of thiophene rings is 1. The van der Waals surface area contributed by atoms with Crippen LogP contribution in [0.1, 0.15) is 53.4 Å². The molecule has 2 aromatic rings. The van der Waals surface area contributed by atoms with Gasteiger partial charge in [-0.2, -0.15) is 0 Å². The molecule has 0 radical (unpaired) electrons. The number of amides is 1. The van der Waals surface area contributed by atoms with Gasteiger partial charge in [0.05, 0.1) is 24.4 Å². The molecular weight excluding hydrogens is 378 g/mol. The summed E-state index contributed by atoms with van der Waals surface area (Å²) in [6, 6.07) is 12.1. The zero-order chi connectivity index (χ0) is 20.4. The van der Waals surface area contributed by atoms with Gasteiger partial charge >= 0.3 is 5.97 Å². The predicted octanol–water partition coefficient (Wildman–Crippen LogP) is 3.48. The molecule has 0 bridgehead atoms. The van der Waals surface area contributed by atoms with E-state index in [4.69, 9.17) is 4.74 Å². The van der Waals surface area contributed by atoms with Gasteiger partial charge in [-0.3, -0.25) is 19.2 Å². The molecule has 0 spiro atoms. The van der Waals surface area contributed by atoms with Gasteiger partial charge in [0.1, 0.15) is 5.78 Å². The van der Waals surface area contributed by atoms with E-state index in [1.807, 2.05) is 35.7 Å². The Morgan fingerprint density at radius 2 is 1.68 bits per heavy atom. The topological polar surface area (TPSA) is 89.5 Å². The highest BCUT2D eigenvalue weighted by molar-refractivity contribution is 7.12. The predicted molar refractivity (Wildman–Crippen MR) is 106 cm³/mol. The first-order valence-corrected chi connectivity index (χ1v) is 9.87. The summed E-state index contributed by atoms with van der Waals surface area (Å²) in [6.07, 6.45) is 0.347. The monoisotopic (exact) mass is 401 g/mol. The SMILES string of the molecule is COC(=O)C[C@H](NC(=O)CCC(=O)CCC(=O)c1cccs1)c1ccccc1. The second-order valence-electron chi connectivity index (χ2n) is 6.25. The summed E-state index contributed by atoms with van der Waals surface area (Å²) in [5.74, 6) is -0.952. The molecular formula is C21H23NO5S. The van der Waals surface area contributed by atoms with Crippen molar-refractivity contribution in [2.75, 3.05) is 7.11 Å². The van der Waals surface area contributed by atoms with Gasteiger partial charge < -0.3 is 10.1 Å². The van der Waals surface area contributed by atoms with Crippen molar-refractivity contribution in [1.82, 2.24) is 5.32 Å². The van der Waals surface area contributed by atoms with Crippen molar-refractivity contribution in [3.05, 3.63) is 58.3 Å². The number of benzene rings is 1. The van der Waals surface area contributed by atoms with E-state index in [-0.39, 0.29) is 49.6 Å². The number of methoxy groups -OCH3 is 1. The maximum atomic E-state index is 12.2. The highest BCUT2D eigenvalue weighted by Crippen LogP contribution is 2.18. The van der Waals surface area contributed by atoms with E-state index >= 15 is 0 Å². The second kappa shape index (κ2) is 11.1. The molecule has 0 unspecified atom stereocenters. The molecule has 1 atom stereocenters. The average Bonchev–Trinajstić information content (AvgIpc) is 3.25. The highest BCUT2D eigenvalue weighted by Gasteiger charge is 2.19. The molecule has 148 valence electrons. The van der Waals surface area contributed by atoms with E-state index in [0.29, 0.717) is 4.88 Å². The normalized spacial score (nSPS) is 11.5. The van der Waals surface area contributed by atoms with Crippen LogP contribution in [0.2, 0.25) is 0 Å². The number of ketones is 2. The Kier molecular flexibility index (Phi) is 8.55. The summed E-state index contributed by atoms with van der Waals surface area (Å²) in [5.41, 5.74) is 0.786. The number of rotatable bonds is 11. The molecule has 1 aromatic heterocycles. The van der Waals surface area contributed by atoms with Gasteiger partial charge in [-0.25, -0.2) is 0 Å². The van der Waals surface area contributed by atoms with Crippen molar-refractivity contribution in [2.24, 2.45) is 0 Å². The smallest absolute Gasteiger partial charge is 0.307 e. The van der Waals surface area contributed by atoms with Crippen LogP contribution in [0.15, 0.2) is 47.8 Å². The fraction of sp³-hybridized carbons (Fsp3) is 0.333. The van der Waals surface area contributed by atoms with Gasteiger partial charge in [0.25, 0.3) is 0 Å².